The molecule has 2 nitrogen and oxygen atoms in total. The molecule has 0 spiro atoms. The summed E-state index contributed by atoms with van der Waals surface area (Å²) in [7, 11) is 0. The van der Waals surface area contributed by atoms with E-state index in [-0.39, 0.29) is 10.8 Å². The lowest BCUT2D eigenvalue weighted by Crippen LogP contribution is -2.25. The Bertz CT molecular complexity index is 2490. The van der Waals surface area contributed by atoms with Crippen molar-refractivity contribution in [3.63, 3.8) is 0 Å². The molecule has 0 aromatic heterocycles. The normalized spacial score (nSPS) is 16.0. The Hall–Kier alpha value is -5.16. The van der Waals surface area contributed by atoms with E-state index in [2.05, 4.69) is 185 Å². The highest BCUT2D eigenvalue weighted by atomic mass is 32.2. The Kier molecular flexibility index (Phi) is 6.69. The van der Waals surface area contributed by atoms with Crippen LogP contribution in [0.25, 0.3) is 22.3 Å². The van der Waals surface area contributed by atoms with Gasteiger partial charge in [0.1, 0.15) is 0 Å². The summed E-state index contributed by atoms with van der Waals surface area (Å²) in [5.74, 6) is 0. The molecule has 0 radical (unpaired) electrons. The molecule has 4 aliphatic rings. The number of anilines is 6. The first kappa shape index (κ1) is 32.3. The lowest BCUT2D eigenvalue weighted by Gasteiger charge is -2.34. The van der Waals surface area contributed by atoms with Crippen LogP contribution in [0.5, 0.6) is 0 Å². The lowest BCUT2D eigenvalue weighted by atomic mass is 9.71. The van der Waals surface area contributed by atoms with Gasteiger partial charge < -0.3 is 9.80 Å². The Morgan fingerprint density at radius 2 is 0.722 bits per heavy atom. The molecule has 0 unspecified atom stereocenters. The summed E-state index contributed by atoms with van der Waals surface area (Å²) >= 11 is 3.73. The molecule has 0 saturated carbocycles. The summed E-state index contributed by atoms with van der Waals surface area (Å²) in [6, 6.07) is 49.8. The van der Waals surface area contributed by atoms with Crippen molar-refractivity contribution in [2.75, 3.05) is 9.80 Å². The van der Waals surface area contributed by atoms with Crippen LogP contribution in [0.15, 0.2) is 153 Å². The topological polar surface area (TPSA) is 6.48 Å². The van der Waals surface area contributed by atoms with E-state index in [1.54, 1.807) is 0 Å². The van der Waals surface area contributed by atoms with Crippen LogP contribution in [0, 0.1) is 13.8 Å². The Labute approximate surface area is 326 Å². The van der Waals surface area contributed by atoms with E-state index in [0.717, 1.165) is 0 Å². The average molecular weight is 733 g/mol. The van der Waals surface area contributed by atoms with E-state index in [4.69, 9.17) is 0 Å². The highest BCUT2D eigenvalue weighted by Crippen LogP contribution is 2.63. The first-order valence-electron chi connectivity index (χ1n) is 18.9. The van der Waals surface area contributed by atoms with Crippen molar-refractivity contribution >= 4 is 57.6 Å². The zero-order valence-electron chi connectivity index (χ0n) is 31.4. The van der Waals surface area contributed by atoms with Gasteiger partial charge in [0.25, 0.3) is 0 Å². The van der Waals surface area contributed by atoms with Gasteiger partial charge in [-0.15, -0.1) is 0 Å². The molecule has 0 fully saturated rings. The summed E-state index contributed by atoms with van der Waals surface area (Å²) in [4.78, 5) is 10.1. The van der Waals surface area contributed by atoms with Crippen molar-refractivity contribution in [1.82, 2.24) is 0 Å². The molecule has 2 aliphatic carbocycles. The number of rotatable bonds is 2. The van der Waals surface area contributed by atoms with E-state index >= 15 is 0 Å². The molecule has 262 valence electrons. The molecule has 0 bridgehead atoms. The molecule has 0 saturated heterocycles. The minimum Gasteiger partial charge on any atom is -0.308 e. The fourth-order valence-corrected chi connectivity index (χ4v) is 12.1. The third kappa shape index (κ3) is 4.21. The predicted molar refractivity (Wildman–Crippen MR) is 229 cm³/mol. The monoisotopic (exact) mass is 732 g/mol. The standard InChI is InChI=1S/C50H40N2S2/c1-29-30(2)46-34-26-24-32(52-39-17-9-13-21-43(39)54-44-22-14-10-18-40(44)52)28-36(34)50(5,6)48(46)47-45(29)33-25-23-31(27-35(33)49(47,3)4)51-37-15-7-11-19-41(37)53-42-20-12-8-16-38(42)51/h7-28H,1-6H3. The van der Waals surface area contributed by atoms with E-state index in [1.165, 1.54) is 109 Å². The van der Waals surface area contributed by atoms with Crippen LogP contribution in [0.3, 0.4) is 0 Å². The quantitative estimate of drug-likeness (QED) is 0.174. The number of benzene rings is 7. The third-order valence-electron chi connectivity index (χ3n) is 12.6. The van der Waals surface area contributed by atoms with Crippen LogP contribution in [0.2, 0.25) is 0 Å². The molecule has 7 aromatic carbocycles. The maximum absolute atomic E-state index is 2.50. The SMILES string of the molecule is Cc1c(C)c2c(c3c1-c1ccc(N4c5ccccc5Sc5ccccc54)cc1C3(C)C)C(C)(C)c1cc(N3c4ccccc4Sc4ccccc43)ccc1-2. The second-order valence-electron chi connectivity index (χ2n) is 16.2. The van der Waals surface area contributed by atoms with Crippen LogP contribution in [-0.4, -0.2) is 0 Å². The number of hydrogen-bond acceptors (Lipinski definition) is 4. The zero-order chi connectivity index (χ0) is 36.7. The smallest absolute Gasteiger partial charge is 0.0601 e. The zero-order valence-corrected chi connectivity index (χ0v) is 33.0. The average Bonchev–Trinajstić information content (AvgIpc) is 3.56. The summed E-state index contributed by atoms with van der Waals surface area (Å²) in [5.41, 5.74) is 21.2. The van der Waals surface area contributed by atoms with Gasteiger partial charge in [0.2, 0.25) is 0 Å². The van der Waals surface area contributed by atoms with Gasteiger partial charge in [-0.2, -0.15) is 0 Å². The lowest BCUT2D eigenvalue weighted by molar-refractivity contribution is 0.600. The van der Waals surface area contributed by atoms with Crippen LogP contribution < -0.4 is 9.80 Å². The highest BCUT2D eigenvalue weighted by molar-refractivity contribution is 8.00. The number of hydrogen-bond donors (Lipinski definition) is 0. The molecule has 2 heterocycles. The first-order chi connectivity index (χ1) is 26.1. The fourth-order valence-electron chi connectivity index (χ4n) is 9.97. The van der Waals surface area contributed by atoms with Crippen molar-refractivity contribution in [2.45, 2.75) is 72.0 Å². The maximum atomic E-state index is 2.50. The van der Waals surface area contributed by atoms with Crippen LogP contribution in [-0.2, 0) is 10.8 Å². The van der Waals surface area contributed by atoms with Crippen LogP contribution in [0.4, 0.5) is 34.1 Å². The molecule has 2 aliphatic heterocycles. The highest BCUT2D eigenvalue weighted by Gasteiger charge is 2.48. The van der Waals surface area contributed by atoms with Gasteiger partial charge in [0, 0.05) is 41.8 Å². The Morgan fingerprint density at radius 1 is 0.407 bits per heavy atom. The van der Waals surface area contributed by atoms with Crippen molar-refractivity contribution in [3.05, 3.63) is 167 Å². The largest absolute Gasteiger partial charge is 0.308 e. The summed E-state index contributed by atoms with van der Waals surface area (Å²) in [6.45, 7) is 14.6. The van der Waals surface area contributed by atoms with Gasteiger partial charge >= 0.3 is 0 Å². The van der Waals surface area contributed by atoms with Crippen molar-refractivity contribution in [3.8, 4) is 22.3 Å². The van der Waals surface area contributed by atoms with Crippen LogP contribution in [0.1, 0.15) is 61.1 Å². The Morgan fingerprint density at radius 3 is 1.06 bits per heavy atom. The number of nitrogens with zero attached hydrogens (tertiary/aromatic N) is 2. The second-order valence-corrected chi connectivity index (χ2v) is 18.4. The van der Waals surface area contributed by atoms with Crippen molar-refractivity contribution in [1.29, 1.82) is 0 Å². The molecule has 0 N–H and O–H groups in total. The molecular formula is C50H40N2S2. The van der Waals surface area contributed by atoms with Crippen molar-refractivity contribution < 1.29 is 0 Å². The maximum Gasteiger partial charge on any atom is 0.0601 e. The van der Waals surface area contributed by atoms with Gasteiger partial charge in [-0.05, 0) is 142 Å². The minimum atomic E-state index is -0.198. The summed E-state index contributed by atoms with van der Waals surface area (Å²) in [5, 5.41) is 0. The molecule has 7 aromatic rings. The minimum absolute atomic E-state index is 0.198. The molecule has 11 rings (SSSR count). The molecular weight excluding hydrogens is 693 g/mol. The van der Waals surface area contributed by atoms with E-state index in [9.17, 15) is 0 Å². The first-order valence-corrected chi connectivity index (χ1v) is 20.6. The molecule has 54 heavy (non-hydrogen) atoms. The molecule has 4 heteroatoms. The molecule has 0 atom stereocenters. The van der Waals surface area contributed by atoms with Gasteiger partial charge in [-0.1, -0.05) is 112 Å². The number of para-hydroxylation sites is 4. The Balaban J connectivity index is 1.08. The fraction of sp³-hybridized carbons (Fsp3) is 0.160. The van der Waals surface area contributed by atoms with Crippen molar-refractivity contribution in [2.24, 2.45) is 0 Å². The van der Waals surface area contributed by atoms with Gasteiger partial charge in [-0.25, -0.2) is 0 Å². The predicted octanol–water partition coefficient (Wildman–Crippen LogP) is 14.8. The van der Waals surface area contributed by atoms with E-state index in [1.807, 2.05) is 23.5 Å². The summed E-state index contributed by atoms with van der Waals surface area (Å²) < 4.78 is 0. The third-order valence-corrected chi connectivity index (χ3v) is 14.8. The van der Waals surface area contributed by atoms with E-state index < -0.39 is 0 Å². The van der Waals surface area contributed by atoms with Gasteiger partial charge in [0.05, 0.1) is 22.7 Å². The summed E-state index contributed by atoms with van der Waals surface area (Å²) in [6.07, 6.45) is 0. The van der Waals surface area contributed by atoms with Gasteiger partial charge in [-0.3, -0.25) is 0 Å². The number of fused-ring (bicyclic) bond motifs is 11. The molecule has 0 amide bonds. The second kappa shape index (κ2) is 11.2. The van der Waals surface area contributed by atoms with E-state index in [0.29, 0.717) is 0 Å². The van der Waals surface area contributed by atoms with Crippen LogP contribution >= 0.6 is 23.5 Å². The van der Waals surface area contributed by atoms with Gasteiger partial charge in [0.15, 0.2) is 0 Å².